The van der Waals surface area contributed by atoms with Crippen molar-refractivity contribution >= 4 is 6.29 Å². The van der Waals surface area contributed by atoms with E-state index in [4.69, 9.17) is 5.26 Å². The Hall–Kier alpha value is -0.880. The molecule has 0 rings (SSSR count). The van der Waals surface area contributed by atoms with Crippen molar-refractivity contribution in [3.05, 3.63) is 0 Å². The van der Waals surface area contributed by atoms with Crippen LogP contribution in [0.5, 0.6) is 0 Å². The van der Waals surface area contributed by atoms with E-state index in [0.717, 1.165) is 12.7 Å². The normalized spacial score (nSPS) is 15.0. The molecule has 0 aliphatic rings. The van der Waals surface area contributed by atoms with Crippen LogP contribution in [-0.4, -0.2) is 19.4 Å². The first kappa shape index (κ1) is 10.1. The minimum absolute atomic E-state index is 0.0205. The molecule has 0 amide bonds. The number of nitrogens with one attached hydrogen (secondary N) is 1. The van der Waals surface area contributed by atoms with Crippen molar-refractivity contribution < 1.29 is 4.79 Å². The number of nitriles is 1. The van der Waals surface area contributed by atoms with Gasteiger partial charge in [-0.3, -0.25) is 0 Å². The van der Waals surface area contributed by atoms with Gasteiger partial charge in [-0.05, 0) is 19.9 Å². The van der Waals surface area contributed by atoms with Gasteiger partial charge in [0, 0.05) is 5.92 Å². The Bertz CT molecular complexity index is 151. The molecular weight excluding hydrogens is 140 g/mol. The zero-order valence-corrected chi connectivity index (χ0v) is 7.00. The fourth-order valence-corrected chi connectivity index (χ4v) is 0.856. The molecule has 62 valence electrons. The van der Waals surface area contributed by atoms with Gasteiger partial charge in [-0.25, -0.2) is 0 Å². The number of nitrogens with zero attached hydrogens (tertiary/aromatic N) is 1. The van der Waals surface area contributed by atoms with Crippen LogP contribution in [0.1, 0.15) is 19.8 Å². The second kappa shape index (κ2) is 5.87. The van der Waals surface area contributed by atoms with Gasteiger partial charge in [0.2, 0.25) is 0 Å². The average molecular weight is 154 g/mol. The standard InChI is InChI=1S/C8H14N2O/c1-3-7(6-11)4-8(5-9)10-2/h6-8,10H,3-4H2,1-2H3. The van der Waals surface area contributed by atoms with Gasteiger partial charge < -0.3 is 10.1 Å². The number of aldehydes is 1. The van der Waals surface area contributed by atoms with E-state index < -0.39 is 0 Å². The van der Waals surface area contributed by atoms with Gasteiger partial charge in [0.25, 0.3) is 0 Å². The third-order valence-corrected chi connectivity index (χ3v) is 1.76. The van der Waals surface area contributed by atoms with Gasteiger partial charge in [-0.2, -0.15) is 5.26 Å². The molecule has 0 aromatic carbocycles. The molecule has 0 saturated heterocycles. The van der Waals surface area contributed by atoms with Crippen LogP contribution in [0, 0.1) is 17.2 Å². The lowest BCUT2D eigenvalue weighted by Gasteiger charge is -2.10. The summed E-state index contributed by atoms with van der Waals surface area (Å²) in [4.78, 5) is 10.4. The van der Waals surface area contributed by atoms with Gasteiger partial charge >= 0.3 is 0 Å². The number of carbonyl (C=O) groups excluding carboxylic acids is 1. The molecule has 11 heavy (non-hydrogen) atoms. The van der Waals surface area contributed by atoms with Crippen molar-refractivity contribution in [3.8, 4) is 6.07 Å². The van der Waals surface area contributed by atoms with E-state index in [0.29, 0.717) is 6.42 Å². The summed E-state index contributed by atoms with van der Waals surface area (Å²) in [5.74, 6) is 0.0205. The first-order valence-electron chi connectivity index (χ1n) is 3.80. The quantitative estimate of drug-likeness (QED) is 0.593. The molecule has 0 heterocycles. The van der Waals surface area contributed by atoms with Crippen molar-refractivity contribution in [2.45, 2.75) is 25.8 Å². The van der Waals surface area contributed by atoms with Crippen molar-refractivity contribution in [1.82, 2.24) is 5.32 Å². The van der Waals surface area contributed by atoms with Gasteiger partial charge in [0.1, 0.15) is 6.29 Å². The molecule has 3 nitrogen and oxygen atoms in total. The smallest absolute Gasteiger partial charge is 0.123 e. The molecule has 2 unspecified atom stereocenters. The lowest BCUT2D eigenvalue weighted by molar-refractivity contribution is -0.111. The lowest BCUT2D eigenvalue weighted by Crippen LogP contribution is -2.26. The van der Waals surface area contributed by atoms with Crippen LogP contribution in [0.25, 0.3) is 0 Å². The molecule has 0 aromatic heterocycles. The van der Waals surface area contributed by atoms with Gasteiger partial charge in [-0.1, -0.05) is 6.92 Å². The summed E-state index contributed by atoms with van der Waals surface area (Å²) in [5.41, 5.74) is 0. The van der Waals surface area contributed by atoms with Crippen molar-refractivity contribution in [3.63, 3.8) is 0 Å². The maximum atomic E-state index is 10.4. The second-order valence-electron chi connectivity index (χ2n) is 2.51. The third kappa shape index (κ3) is 3.74. The minimum Gasteiger partial charge on any atom is -0.305 e. The molecule has 3 heteroatoms. The number of hydrogen-bond donors (Lipinski definition) is 1. The van der Waals surface area contributed by atoms with E-state index in [-0.39, 0.29) is 12.0 Å². The molecule has 0 aromatic rings. The summed E-state index contributed by atoms with van der Waals surface area (Å²) in [7, 11) is 1.73. The monoisotopic (exact) mass is 154 g/mol. The summed E-state index contributed by atoms with van der Waals surface area (Å²) in [5, 5.41) is 11.4. The molecule has 0 bridgehead atoms. The number of carbonyl (C=O) groups is 1. The highest BCUT2D eigenvalue weighted by atomic mass is 16.1. The van der Waals surface area contributed by atoms with Crippen LogP contribution in [0.3, 0.4) is 0 Å². The van der Waals surface area contributed by atoms with Gasteiger partial charge in [0.05, 0.1) is 12.1 Å². The van der Waals surface area contributed by atoms with Crippen LogP contribution in [0.2, 0.25) is 0 Å². The van der Waals surface area contributed by atoms with Crippen LogP contribution in [0.4, 0.5) is 0 Å². The highest BCUT2D eigenvalue weighted by Crippen LogP contribution is 2.06. The zero-order chi connectivity index (χ0) is 8.69. The summed E-state index contributed by atoms with van der Waals surface area (Å²) < 4.78 is 0. The highest BCUT2D eigenvalue weighted by Gasteiger charge is 2.11. The molecule has 1 N–H and O–H groups in total. The Morgan fingerprint density at radius 3 is 2.64 bits per heavy atom. The summed E-state index contributed by atoms with van der Waals surface area (Å²) in [6, 6.07) is 1.89. The SMILES string of the molecule is CCC(C=O)CC(C#N)NC. The van der Waals surface area contributed by atoms with E-state index in [9.17, 15) is 4.79 Å². The fourth-order valence-electron chi connectivity index (χ4n) is 0.856. The lowest BCUT2D eigenvalue weighted by atomic mass is 10.00. The number of rotatable bonds is 5. The predicted octanol–water partition coefficient (Wildman–Crippen LogP) is 0.713. The molecule has 0 aliphatic heterocycles. The van der Waals surface area contributed by atoms with Crippen LogP contribution < -0.4 is 5.32 Å². The minimum atomic E-state index is -0.190. The Balaban J connectivity index is 3.79. The molecule has 0 radical (unpaired) electrons. The summed E-state index contributed by atoms with van der Waals surface area (Å²) >= 11 is 0. The van der Waals surface area contributed by atoms with E-state index in [1.54, 1.807) is 7.05 Å². The molecule has 2 atom stereocenters. The Morgan fingerprint density at radius 2 is 2.36 bits per heavy atom. The first-order chi connectivity index (χ1) is 5.28. The van der Waals surface area contributed by atoms with Crippen LogP contribution in [-0.2, 0) is 4.79 Å². The first-order valence-corrected chi connectivity index (χ1v) is 3.80. The second-order valence-corrected chi connectivity index (χ2v) is 2.51. The van der Waals surface area contributed by atoms with Crippen LogP contribution in [0.15, 0.2) is 0 Å². The summed E-state index contributed by atoms with van der Waals surface area (Å²) in [6.07, 6.45) is 2.35. The third-order valence-electron chi connectivity index (χ3n) is 1.76. The number of hydrogen-bond acceptors (Lipinski definition) is 3. The van der Waals surface area contributed by atoms with Gasteiger partial charge in [0.15, 0.2) is 0 Å². The fraction of sp³-hybridized carbons (Fsp3) is 0.750. The van der Waals surface area contributed by atoms with E-state index >= 15 is 0 Å². The predicted molar refractivity (Wildman–Crippen MR) is 42.9 cm³/mol. The molecule has 0 aliphatic carbocycles. The van der Waals surface area contributed by atoms with E-state index in [2.05, 4.69) is 11.4 Å². The van der Waals surface area contributed by atoms with Crippen molar-refractivity contribution in [1.29, 1.82) is 5.26 Å². The van der Waals surface area contributed by atoms with Crippen molar-refractivity contribution in [2.24, 2.45) is 5.92 Å². The van der Waals surface area contributed by atoms with E-state index in [1.807, 2.05) is 6.92 Å². The molecular formula is C8H14N2O. The topological polar surface area (TPSA) is 52.9 Å². The maximum Gasteiger partial charge on any atom is 0.123 e. The highest BCUT2D eigenvalue weighted by molar-refractivity contribution is 5.53. The largest absolute Gasteiger partial charge is 0.305 e. The maximum absolute atomic E-state index is 10.4. The zero-order valence-electron chi connectivity index (χ0n) is 7.00. The Morgan fingerprint density at radius 1 is 1.73 bits per heavy atom. The van der Waals surface area contributed by atoms with Crippen LogP contribution >= 0.6 is 0 Å². The average Bonchev–Trinajstić information content (AvgIpc) is 2.07. The van der Waals surface area contributed by atoms with Gasteiger partial charge in [-0.15, -0.1) is 0 Å². The molecule has 0 saturated carbocycles. The molecule has 0 spiro atoms. The summed E-state index contributed by atoms with van der Waals surface area (Å²) in [6.45, 7) is 1.95. The Kier molecular flexibility index (Phi) is 5.40. The Labute approximate surface area is 67.4 Å². The molecule has 0 fully saturated rings. The van der Waals surface area contributed by atoms with E-state index in [1.165, 1.54) is 0 Å². The van der Waals surface area contributed by atoms with Crippen molar-refractivity contribution in [2.75, 3.05) is 7.05 Å².